The number of thiophene rings is 1. The van der Waals surface area contributed by atoms with E-state index in [0.717, 1.165) is 35.6 Å². The van der Waals surface area contributed by atoms with Crippen molar-refractivity contribution in [3.8, 4) is 0 Å². The molecule has 2 aromatic rings. The first-order chi connectivity index (χ1) is 10.8. The predicted octanol–water partition coefficient (Wildman–Crippen LogP) is 2.08. The monoisotopic (exact) mass is 317 g/mol. The number of rotatable bonds is 3. The lowest BCUT2D eigenvalue weighted by atomic mass is 9.97. The Kier molecular flexibility index (Phi) is 3.76. The maximum Gasteiger partial charge on any atom is 0.146 e. The fraction of sp³-hybridized carbons (Fsp3) is 0.625. The van der Waals surface area contributed by atoms with Crippen LogP contribution in [0.5, 0.6) is 0 Å². The lowest BCUT2D eigenvalue weighted by Crippen LogP contribution is -2.35. The SMILES string of the molecule is NCC1CCCN1Cc1nc(N)c2c3c(sc2n1)CCCC3. The van der Waals surface area contributed by atoms with Crippen LogP contribution >= 0.6 is 11.3 Å². The summed E-state index contributed by atoms with van der Waals surface area (Å²) in [6.45, 7) is 2.57. The molecule has 1 atom stereocenters. The van der Waals surface area contributed by atoms with E-state index in [-0.39, 0.29) is 0 Å². The number of likely N-dealkylation sites (tertiary alicyclic amines) is 1. The predicted molar refractivity (Wildman–Crippen MR) is 91.0 cm³/mol. The number of nitrogen functional groups attached to an aromatic ring is 1. The van der Waals surface area contributed by atoms with Gasteiger partial charge >= 0.3 is 0 Å². The highest BCUT2D eigenvalue weighted by atomic mass is 32.1. The number of hydrogen-bond acceptors (Lipinski definition) is 6. The van der Waals surface area contributed by atoms with Crippen molar-refractivity contribution in [3.05, 3.63) is 16.3 Å². The van der Waals surface area contributed by atoms with Crippen LogP contribution in [0.3, 0.4) is 0 Å². The zero-order valence-electron chi connectivity index (χ0n) is 12.8. The second-order valence-corrected chi connectivity index (χ2v) is 7.50. The molecular weight excluding hydrogens is 294 g/mol. The Morgan fingerprint density at radius 2 is 2.05 bits per heavy atom. The second kappa shape index (κ2) is 5.76. The van der Waals surface area contributed by atoms with Gasteiger partial charge in [-0.2, -0.15) is 0 Å². The van der Waals surface area contributed by atoms with Gasteiger partial charge in [0.2, 0.25) is 0 Å². The van der Waals surface area contributed by atoms with Crippen LogP contribution in [-0.2, 0) is 19.4 Å². The summed E-state index contributed by atoms with van der Waals surface area (Å²) in [5.41, 5.74) is 13.6. The van der Waals surface area contributed by atoms with E-state index in [1.807, 2.05) is 11.3 Å². The number of fused-ring (bicyclic) bond motifs is 3. The minimum atomic E-state index is 0.470. The summed E-state index contributed by atoms with van der Waals surface area (Å²) in [6, 6.07) is 0.470. The van der Waals surface area contributed by atoms with E-state index in [2.05, 4.69) is 9.88 Å². The van der Waals surface area contributed by atoms with Crippen LogP contribution in [-0.4, -0.2) is 34.0 Å². The molecule has 3 heterocycles. The summed E-state index contributed by atoms with van der Waals surface area (Å²) in [4.78, 5) is 14.4. The highest BCUT2D eigenvalue weighted by Gasteiger charge is 2.25. The largest absolute Gasteiger partial charge is 0.383 e. The third kappa shape index (κ3) is 2.39. The van der Waals surface area contributed by atoms with Crippen molar-refractivity contribution in [3.63, 3.8) is 0 Å². The Hall–Kier alpha value is -1.24. The number of anilines is 1. The van der Waals surface area contributed by atoms with E-state index in [0.29, 0.717) is 18.4 Å². The van der Waals surface area contributed by atoms with Gasteiger partial charge in [-0.1, -0.05) is 0 Å². The minimum Gasteiger partial charge on any atom is -0.383 e. The van der Waals surface area contributed by atoms with Gasteiger partial charge in [-0.15, -0.1) is 11.3 Å². The van der Waals surface area contributed by atoms with Crippen LogP contribution in [0.25, 0.3) is 10.2 Å². The van der Waals surface area contributed by atoms with Gasteiger partial charge in [0.15, 0.2) is 0 Å². The van der Waals surface area contributed by atoms with Crippen molar-refractivity contribution in [2.24, 2.45) is 5.73 Å². The van der Waals surface area contributed by atoms with E-state index in [4.69, 9.17) is 16.5 Å². The molecule has 4 rings (SSSR count). The van der Waals surface area contributed by atoms with Crippen molar-refractivity contribution in [1.82, 2.24) is 14.9 Å². The highest BCUT2D eigenvalue weighted by molar-refractivity contribution is 7.19. The molecule has 0 aromatic carbocycles. The fourth-order valence-corrected chi connectivity index (χ4v) is 5.14. The third-order valence-electron chi connectivity index (χ3n) is 5.00. The average molecular weight is 317 g/mol. The van der Waals surface area contributed by atoms with E-state index in [1.54, 1.807) is 0 Å². The van der Waals surface area contributed by atoms with Crippen molar-refractivity contribution in [2.75, 3.05) is 18.8 Å². The van der Waals surface area contributed by atoms with Crippen molar-refractivity contribution >= 4 is 27.4 Å². The maximum absolute atomic E-state index is 6.28. The summed E-state index contributed by atoms with van der Waals surface area (Å²) in [5.74, 6) is 1.52. The smallest absolute Gasteiger partial charge is 0.146 e. The molecule has 5 nitrogen and oxygen atoms in total. The zero-order chi connectivity index (χ0) is 15.1. The molecule has 0 bridgehead atoms. The Bertz CT molecular complexity index is 695. The maximum atomic E-state index is 6.28. The number of aryl methyl sites for hydroxylation is 2. The first-order valence-electron chi connectivity index (χ1n) is 8.27. The minimum absolute atomic E-state index is 0.470. The molecule has 0 spiro atoms. The van der Waals surface area contributed by atoms with Gasteiger partial charge in [-0.25, -0.2) is 9.97 Å². The molecular formula is C16H23N5S. The van der Waals surface area contributed by atoms with Gasteiger partial charge in [0, 0.05) is 17.5 Å². The summed E-state index contributed by atoms with van der Waals surface area (Å²) in [6.07, 6.45) is 7.24. The summed E-state index contributed by atoms with van der Waals surface area (Å²) >= 11 is 1.82. The van der Waals surface area contributed by atoms with Gasteiger partial charge in [-0.05, 0) is 50.6 Å². The van der Waals surface area contributed by atoms with Crippen LogP contribution in [0.2, 0.25) is 0 Å². The number of nitrogens with two attached hydrogens (primary N) is 2. The molecule has 1 saturated heterocycles. The quantitative estimate of drug-likeness (QED) is 0.906. The Morgan fingerprint density at radius 1 is 1.18 bits per heavy atom. The fourth-order valence-electron chi connectivity index (χ4n) is 3.85. The molecule has 6 heteroatoms. The summed E-state index contributed by atoms with van der Waals surface area (Å²) in [7, 11) is 0. The molecule has 118 valence electrons. The molecule has 1 unspecified atom stereocenters. The Morgan fingerprint density at radius 3 is 2.91 bits per heavy atom. The van der Waals surface area contributed by atoms with Crippen molar-refractivity contribution in [2.45, 2.75) is 51.1 Å². The van der Waals surface area contributed by atoms with Crippen LogP contribution < -0.4 is 11.5 Å². The van der Waals surface area contributed by atoms with Gasteiger partial charge in [0.25, 0.3) is 0 Å². The lowest BCUT2D eigenvalue weighted by Gasteiger charge is -2.22. The van der Waals surface area contributed by atoms with Crippen LogP contribution in [0.15, 0.2) is 0 Å². The number of nitrogens with zero attached hydrogens (tertiary/aromatic N) is 3. The van der Waals surface area contributed by atoms with Crippen molar-refractivity contribution < 1.29 is 0 Å². The molecule has 2 aliphatic rings. The van der Waals surface area contributed by atoms with Crippen LogP contribution in [0.1, 0.15) is 41.9 Å². The highest BCUT2D eigenvalue weighted by Crippen LogP contribution is 2.37. The van der Waals surface area contributed by atoms with Gasteiger partial charge in [-0.3, -0.25) is 4.90 Å². The first-order valence-corrected chi connectivity index (χ1v) is 9.08. The molecule has 22 heavy (non-hydrogen) atoms. The summed E-state index contributed by atoms with van der Waals surface area (Å²) in [5, 5.41) is 1.13. The molecule has 2 aromatic heterocycles. The number of aromatic nitrogens is 2. The molecule has 0 amide bonds. The molecule has 1 aliphatic carbocycles. The molecule has 1 aliphatic heterocycles. The van der Waals surface area contributed by atoms with E-state index in [9.17, 15) is 0 Å². The topological polar surface area (TPSA) is 81.1 Å². The lowest BCUT2D eigenvalue weighted by molar-refractivity contribution is 0.244. The number of hydrogen-bond donors (Lipinski definition) is 2. The molecule has 4 N–H and O–H groups in total. The first kappa shape index (κ1) is 14.4. The Balaban J connectivity index is 1.68. The second-order valence-electron chi connectivity index (χ2n) is 6.42. The van der Waals surface area contributed by atoms with Gasteiger partial charge < -0.3 is 11.5 Å². The Labute approximate surface area is 134 Å². The summed E-state index contributed by atoms with van der Waals surface area (Å²) < 4.78 is 0. The molecule has 0 radical (unpaired) electrons. The van der Waals surface area contributed by atoms with Crippen molar-refractivity contribution in [1.29, 1.82) is 0 Å². The molecule has 1 fully saturated rings. The van der Waals surface area contributed by atoms with E-state index in [1.165, 1.54) is 42.5 Å². The van der Waals surface area contributed by atoms with Crippen LogP contribution in [0, 0.1) is 0 Å². The third-order valence-corrected chi connectivity index (χ3v) is 6.19. The normalized spacial score (nSPS) is 22.3. The zero-order valence-corrected chi connectivity index (χ0v) is 13.7. The standard InChI is InChI=1S/C16H23N5S/c17-8-10-4-3-7-21(10)9-13-19-15(18)14-11-5-1-2-6-12(11)22-16(14)20-13/h10H,1-9,17H2,(H2,18,19,20). The van der Waals surface area contributed by atoms with E-state index < -0.39 is 0 Å². The van der Waals surface area contributed by atoms with Gasteiger partial charge in [0.1, 0.15) is 16.5 Å². The molecule has 0 saturated carbocycles. The van der Waals surface area contributed by atoms with E-state index >= 15 is 0 Å². The van der Waals surface area contributed by atoms with Crippen LogP contribution in [0.4, 0.5) is 5.82 Å². The average Bonchev–Trinajstić information content (AvgIpc) is 3.10. The van der Waals surface area contributed by atoms with Gasteiger partial charge in [0.05, 0.1) is 11.9 Å².